The first-order valence-corrected chi connectivity index (χ1v) is 7.69. The molecule has 2 aromatic rings. The molecule has 21 heavy (non-hydrogen) atoms. The molecule has 0 bridgehead atoms. The van der Waals surface area contributed by atoms with Crippen molar-refractivity contribution in [3.8, 4) is 0 Å². The zero-order chi connectivity index (χ0) is 14.9. The van der Waals surface area contributed by atoms with Gasteiger partial charge in [-0.15, -0.1) is 0 Å². The van der Waals surface area contributed by atoms with Crippen LogP contribution in [-0.4, -0.2) is 15.7 Å². The summed E-state index contributed by atoms with van der Waals surface area (Å²) in [6.45, 7) is 4.03. The lowest BCUT2D eigenvalue weighted by Crippen LogP contribution is -2.32. The fourth-order valence-electron chi connectivity index (χ4n) is 2.88. The Morgan fingerprint density at radius 1 is 1.29 bits per heavy atom. The minimum Gasteiger partial charge on any atom is -0.339 e. The third kappa shape index (κ3) is 3.50. The highest BCUT2D eigenvalue weighted by Gasteiger charge is 2.24. The second kappa shape index (κ2) is 5.60. The van der Waals surface area contributed by atoms with Gasteiger partial charge in [0.2, 0.25) is 5.89 Å². The number of hydrogen-bond donors (Lipinski definition) is 1. The van der Waals surface area contributed by atoms with E-state index in [0.29, 0.717) is 11.8 Å². The molecule has 0 aliphatic heterocycles. The Morgan fingerprint density at radius 3 is 2.81 bits per heavy atom. The summed E-state index contributed by atoms with van der Waals surface area (Å²) in [4.78, 5) is 4.58. The number of aryl methyl sites for hydroxylation is 2. The van der Waals surface area contributed by atoms with Crippen LogP contribution in [0.2, 0.25) is 0 Å². The van der Waals surface area contributed by atoms with Crippen LogP contribution in [0.5, 0.6) is 0 Å². The number of rotatable bonds is 4. The van der Waals surface area contributed by atoms with Crippen molar-refractivity contribution in [2.45, 2.75) is 57.4 Å². The van der Waals surface area contributed by atoms with Crippen molar-refractivity contribution < 1.29 is 4.52 Å². The van der Waals surface area contributed by atoms with Gasteiger partial charge in [0.1, 0.15) is 0 Å². The summed E-state index contributed by atoms with van der Waals surface area (Å²) in [6.07, 6.45) is 4.80. The monoisotopic (exact) mass is 285 g/mol. The van der Waals surface area contributed by atoms with Gasteiger partial charge in [0, 0.05) is 17.9 Å². The Morgan fingerprint density at radius 2 is 2.05 bits per heavy atom. The molecule has 4 heteroatoms. The molecule has 0 spiro atoms. The summed E-state index contributed by atoms with van der Waals surface area (Å²) < 4.78 is 5.38. The van der Waals surface area contributed by atoms with Crippen molar-refractivity contribution in [1.82, 2.24) is 10.1 Å². The lowest BCUT2D eigenvalue weighted by Gasteiger charge is -2.21. The van der Waals surface area contributed by atoms with Gasteiger partial charge in [0.15, 0.2) is 5.82 Å². The molecule has 1 aromatic carbocycles. The zero-order valence-electron chi connectivity index (χ0n) is 12.8. The summed E-state index contributed by atoms with van der Waals surface area (Å²) in [5.74, 6) is 1.94. The summed E-state index contributed by atoms with van der Waals surface area (Å²) in [6, 6.07) is 8.64. The van der Waals surface area contributed by atoms with Crippen LogP contribution in [0.1, 0.15) is 55.4 Å². The molecule has 1 heterocycles. The standard InChI is InChI=1S/C17H23N3O/c1-17(2,18)10-9-15-19-16(20-21-15)14-8-7-12-5-3-4-6-13(12)11-14/h3-6,14H,7-11,18H2,1-2H3. The van der Waals surface area contributed by atoms with Crippen LogP contribution in [0.15, 0.2) is 28.8 Å². The molecule has 1 atom stereocenters. The average molecular weight is 285 g/mol. The highest BCUT2D eigenvalue weighted by atomic mass is 16.5. The molecule has 0 saturated heterocycles. The van der Waals surface area contributed by atoms with Gasteiger partial charge in [-0.05, 0) is 50.7 Å². The molecule has 0 fully saturated rings. The highest BCUT2D eigenvalue weighted by Crippen LogP contribution is 2.31. The molecule has 3 rings (SSSR count). The molecule has 0 radical (unpaired) electrons. The molecule has 2 N–H and O–H groups in total. The zero-order valence-corrected chi connectivity index (χ0v) is 12.8. The minimum absolute atomic E-state index is 0.196. The first-order chi connectivity index (χ1) is 10.0. The third-order valence-electron chi connectivity index (χ3n) is 4.18. The normalized spacial score (nSPS) is 18.5. The van der Waals surface area contributed by atoms with E-state index in [1.54, 1.807) is 0 Å². The van der Waals surface area contributed by atoms with E-state index in [2.05, 4.69) is 34.4 Å². The fourth-order valence-corrected chi connectivity index (χ4v) is 2.88. The van der Waals surface area contributed by atoms with Crippen LogP contribution in [0.4, 0.5) is 0 Å². The molecule has 0 saturated carbocycles. The third-order valence-corrected chi connectivity index (χ3v) is 4.18. The Bertz CT molecular complexity index is 612. The maximum atomic E-state index is 6.00. The van der Waals surface area contributed by atoms with E-state index >= 15 is 0 Å². The van der Waals surface area contributed by atoms with Gasteiger partial charge in [0.25, 0.3) is 0 Å². The molecule has 4 nitrogen and oxygen atoms in total. The predicted octanol–water partition coefficient (Wildman–Crippen LogP) is 3.01. The second-order valence-corrected chi connectivity index (χ2v) is 6.74. The molecular formula is C17H23N3O. The summed E-state index contributed by atoms with van der Waals surface area (Å²) in [7, 11) is 0. The predicted molar refractivity (Wildman–Crippen MR) is 82.1 cm³/mol. The van der Waals surface area contributed by atoms with Crippen molar-refractivity contribution in [2.75, 3.05) is 0 Å². The van der Waals surface area contributed by atoms with E-state index in [0.717, 1.165) is 37.9 Å². The number of fused-ring (bicyclic) bond motifs is 1. The SMILES string of the molecule is CC(C)(N)CCc1nc(C2CCc3ccccc3C2)no1. The molecule has 112 valence electrons. The Hall–Kier alpha value is -1.68. The first kappa shape index (κ1) is 14.3. The smallest absolute Gasteiger partial charge is 0.226 e. The number of nitrogens with zero attached hydrogens (tertiary/aromatic N) is 2. The van der Waals surface area contributed by atoms with E-state index < -0.39 is 0 Å². The van der Waals surface area contributed by atoms with E-state index in [-0.39, 0.29) is 5.54 Å². The highest BCUT2D eigenvalue weighted by molar-refractivity contribution is 5.31. The van der Waals surface area contributed by atoms with E-state index in [9.17, 15) is 0 Å². The molecule has 0 amide bonds. The van der Waals surface area contributed by atoms with Gasteiger partial charge in [0.05, 0.1) is 0 Å². The lowest BCUT2D eigenvalue weighted by atomic mass is 9.83. The topological polar surface area (TPSA) is 64.9 Å². The van der Waals surface area contributed by atoms with Crippen molar-refractivity contribution in [2.24, 2.45) is 5.73 Å². The van der Waals surface area contributed by atoms with Crippen molar-refractivity contribution in [1.29, 1.82) is 0 Å². The number of hydrogen-bond acceptors (Lipinski definition) is 4. The molecule has 1 aromatic heterocycles. The molecular weight excluding hydrogens is 262 g/mol. The number of aromatic nitrogens is 2. The van der Waals surface area contributed by atoms with Gasteiger partial charge < -0.3 is 10.3 Å². The molecule has 1 unspecified atom stereocenters. The average Bonchev–Trinajstić information content (AvgIpc) is 2.93. The van der Waals surface area contributed by atoms with Crippen LogP contribution < -0.4 is 5.73 Å². The quantitative estimate of drug-likeness (QED) is 0.937. The van der Waals surface area contributed by atoms with Gasteiger partial charge >= 0.3 is 0 Å². The Kier molecular flexibility index (Phi) is 3.81. The van der Waals surface area contributed by atoms with Gasteiger partial charge in [-0.3, -0.25) is 0 Å². The maximum absolute atomic E-state index is 6.00. The minimum atomic E-state index is -0.196. The van der Waals surface area contributed by atoms with E-state index in [1.807, 2.05) is 13.8 Å². The fraction of sp³-hybridized carbons (Fsp3) is 0.529. The van der Waals surface area contributed by atoms with E-state index in [4.69, 9.17) is 10.3 Å². The first-order valence-electron chi connectivity index (χ1n) is 7.69. The largest absolute Gasteiger partial charge is 0.339 e. The summed E-state index contributed by atoms with van der Waals surface area (Å²) in [5, 5.41) is 4.19. The Balaban J connectivity index is 1.67. The maximum Gasteiger partial charge on any atom is 0.226 e. The van der Waals surface area contributed by atoms with Crippen molar-refractivity contribution in [3.05, 3.63) is 47.1 Å². The number of nitrogens with two attached hydrogens (primary N) is 1. The van der Waals surface area contributed by atoms with Gasteiger partial charge in [-0.25, -0.2) is 0 Å². The van der Waals surface area contributed by atoms with Crippen LogP contribution in [-0.2, 0) is 19.3 Å². The summed E-state index contributed by atoms with van der Waals surface area (Å²) in [5.41, 5.74) is 8.68. The number of benzene rings is 1. The molecule has 1 aliphatic carbocycles. The van der Waals surface area contributed by atoms with Crippen LogP contribution in [0.3, 0.4) is 0 Å². The van der Waals surface area contributed by atoms with Gasteiger partial charge in [-0.1, -0.05) is 29.4 Å². The summed E-state index contributed by atoms with van der Waals surface area (Å²) >= 11 is 0. The Labute approximate surface area is 125 Å². The van der Waals surface area contributed by atoms with Crippen LogP contribution >= 0.6 is 0 Å². The van der Waals surface area contributed by atoms with Crippen LogP contribution in [0, 0.1) is 0 Å². The van der Waals surface area contributed by atoms with E-state index in [1.165, 1.54) is 11.1 Å². The van der Waals surface area contributed by atoms with Crippen molar-refractivity contribution in [3.63, 3.8) is 0 Å². The van der Waals surface area contributed by atoms with Gasteiger partial charge in [-0.2, -0.15) is 4.98 Å². The van der Waals surface area contributed by atoms with Crippen molar-refractivity contribution >= 4 is 0 Å². The lowest BCUT2D eigenvalue weighted by molar-refractivity contribution is 0.350. The van der Waals surface area contributed by atoms with Crippen LogP contribution in [0.25, 0.3) is 0 Å². The molecule has 1 aliphatic rings. The second-order valence-electron chi connectivity index (χ2n) is 6.74.